The summed E-state index contributed by atoms with van der Waals surface area (Å²) in [6.45, 7) is 6.42. The van der Waals surface area contributed by atoms with Crippen LogP contribution in [0.5, 0.6) is 0 Å². The van der Waals surface area contributed by atoms with Crippen molar-refractivity contribution in [3.8, 4) is 0 Å². The van der Waals surface area contributed by atoms with E-state index < -0.39 is 6.10 Å². The minimum absolute atomic E-state index is 0.0893. The largest absolute Gasteiger partial charge is 0.462 e. The Morgan fingerprint density at radius 1 is 0.253 bits per heavy atom. The van der Waals surface area contributed by atoms with Crippen molar-refractivity contribution in [2.24, 2.45) is 0 Å². The summed E-state index contributed by atoms with van der Waals surface area (Å²) < 4.78 is 16.9. The van der Waals surface area contributed by atoms with E-state index in [1.807, 2.05) is 0 Å². The van der Waals surface area contributed by atoms with Gasteiger partial charge in [0.1, 0.15) is 13.2 Å². The van der Waals surface area contributed by atoms with E-state index in [4.69, 9.17) is 14.2 Å². The Hall–Kier alpha value is -3.67. The average molecular weight is 1160 g/mol. The molecule has 0 aliphatic carbocycles. The van der Waals surface area contributed by atoms with Crippen molar-refractivity contribution in [3.05, 3.63) is 97.2 Å². The van der Waals surface area contributed by atoms with Crippen LogP contribution in [0, 0.1) is 0 Å². The summed E-state index contributed by atoms with van der Waals surface area (Å²) in [7, 11) is 0. The highest BCUT2D eigenvalue weighted by atomic mass is 16.6. The zero-order valence-electron chi connectivity index (χ0n) is 54.9. The molecule has 0 N–H and O–H groups in total. The Morgan fingerprint density at radius 3 is 0.747 bits per heavy atom. The average Bonchev–Trinajstić information content (AvgIpc) is 3.49. The summed E-state index contributed by atoms with van der Waals surface area (Å²) in [5, 5.41) is 0. The summed E-state index contributed by atoms with van der Waals surface area (Å²) in [4.78, 5) is 38.4. The molecule has 0 spiro atoms. The first-order valence-electron chi connectivity index (χ1n) is 35.7. The molecule has 0 aliphatic rings. The second-order valence-electron chi connectivity index (χ2n) is 23.7. The monoisotopic (exact) mass is 1160 g/mol. The van der Waals surface area contributed by atoms with Crippen LogP contribution in [0.25, 0.3) is 0 Å². The van der Waals surface area contributed by atoms with Crippen LogP contribution in [0.3, 0.4) is 0 Å². The van der Waals surface area contributed by atoms with Crippen LogP contribution >= 0.6 is 0 Å². The van der Waals surface area contributed by atoms with Crippen LogP contribution in [0.4, 0.5) is 0 Å². The third-order valence-corrected chi connectivity index (χ3v) is 15.6. The van der Waals surface area contributed by atoms with Gasteiger partial charge in [-0.15, -0.1) is 0 Å². The Labute approximate surface area is 515 Å². The highest BCUT2D eigenvalue weighted by Crippen LogP contribution is 2.18. The number of hydrogen-bond acceptors (Lipinski definition) is 6. The van der Waals surface area contributed by atoms with Gasteiger partial charge in [-0.25, -0.2) is 0 Å². The molecule has 0 radical (unpaired) electrons. The number of carbonyl (C=O) groups is 3. The van der Waals surface area contributed by atoms with Crippen LogP contribution < -0.4 is 0 Å². The van der Waals surface area contributed by atoms with Gasteiger partial charge in [0, 0.05) is 19.3 Å². The lowest BCUT2D eigenvalue weighted by Gasteiger charge is -2.18. The summed E-state index contributed by atoms with van der Waals surface area (Å²) >= 11 is 0. The van der Waals surface area contributed by atoms with E-state index in [0.29, 0.717) is 19.3 Å². The van der Waals surface area contributed by atoms with Crippen LogP contribution in [-0.4, -0.2) is 37.2 Å². The van der Waals surface area contributed by atoms with E-state index in [-0.39, 0.29) is 31.1 Å². The molecule has 83 heavy (non-hydrogen) atoms. The molecule has 0 aromatic carbocycles. The molecule has 0 aliphatic heterocycles. The molecule has 0 fully saturated rings. The Bertz CT molecular complexity index is 1610. The minimum atomic E-state index is -0.797. The third-order valence-electron chi connectivity index (χ3n) is 15.6. The molecule has 1 unspecified atom stereocenters. The summed E-state index contributed by atoms with van der Waals surface area (Å²) in [6, 6.07) is 0. The summed E-state index contributed by atoms with van der Waals surface area (Å²) in [5.41, 5.74) is 0. The molecule has 0 heterocycles. The molecule has 6 nitrogen and oxygen atoms in total. The van der Waals surface area contributed by atoms with E-state index in [0.717, 1.165) is 122 Å². The molecule has 0 amide bonds. The van der Waals surface area contributed by atoms with Crippen LogP contribution in [0.2, 0.25) is 0 Å². The first-order valence-corrected chi connectivity index (χ1v) is 35.7. The molecule has 478 valence electrons. The van der Waals surface area contributed by atoms with Gasteiger partial charge < -0.3 is 14.2 Å². The van der Waals surface area contributed by atoms with Gasteiger partial charge in [-0.2, -0.15) is 0 Å². The lowest BCUT2D eigenvalue weighted by molar-refractivity contribution is -0.167. The van der Waals surface area contributed by atoms with Crippen LogP contribution in [-0.2, 0) is 28.6 Å². The molecule has 0 aromatic rings. The lowest BCUT2D eigenvalue weighted by atomic mass is 10.0. The maximum atomic E-state index is 12.9. The van der Waals surface area contributed by atoms with E-state index in [1.54, 1.807) is 0 Å². The smallest absolute Gasteiger partial charge is 0.306 e. The number of ether oxygens (including phenoxy) is 3. The zero-order valence-corrected chi connectivity index (χ0v) is 54.9. The van der Waals surface area contributed by atoms with Crippen molar-refractivity contribution in [2.75, 3.05) is 13.2 Å². The summed E-state index contributed by atoms with van der Waals surface area (Å²) in [6.07, 6.45) is 96.0. The summed E-state index contributed by atoms with van der Waals surface area (Å²) in [5.74, 6) is -0.916. The standard InChI is InChI=1S/C77H134O6/c1-4-7-10-13-16-19-22-25-27-29-31-33-35-36-37-38-39-40-42-43-45-47-49-52-55-58-61-64-67-70-76(79)82-73-74(72-81-75(78)69-66-63-60-57-54-51-24-21-18-15-12-9-6-3)83-77(80)71-68-65-62-59-56-53-50-48-46-44-41-34-32-30-28-26-23-20-17-14-11-8-5-2/h8-9,11-12,17-18,20-21,26,28,32,34,44,46,51,54,74H,4-7,10,13-16,19,22-25,27,29-31,33,35-43,45,47-50,52-53,55-73H2,1-3H3/b11-8-,12-9-,20-17-,21-18-,28-26-,34-32-,46-44-,54-51-. The highest BCUT2D eigenvalue weighted by molar-refractivity contribution is 5.71. The fraction of sp³-hybridized carbons (Fsp3) is 0.753. The van der Waals surface area contributed by atoms with Crippen molar-refractivity contribution in [1.29, 1.82) is 0 Å². The lowest BCUT2D eigenvalue weighted by Crippen LogP contribution is -2.30. The van der Waals surface area contributed by atoms with E-state index >= 15 is 0 Å². The Morgan fingerprint density at radius 2 is 0.470 bits per heavy atom. The molecule has 0 saturated carbocycles. The van der Waals surface area contributed by atoms with Gasteiger partial charge in [-0.05, 0) is 96.3 Å². The van der Waals surface area contributed by atoms with Gasteiger partial charge in [0.05, 0.1) is 0 Å². The zero-order chi connectivity index (χ0) is 59.9. The first kappa shape index (κ1) is 79.3. The molecule has 0 aromatic heterocycles. The normalized spacial score (nSPS) is 12.7. The number of esters is 3. The van der Waals surface area contributed by atoms with Gasteiger partial charge >= 0.3 is 17.9 Å². The maximum absolute atomic E-state index is 12.9. The second-order valence-corrected chi connectivity index (χ2v) is 23.7. The van der Waals surface area contributed by atoms with E-state index in [2.05, 4.69) is 118 Å². The topological polar surface area (TPSA) is 78.9 Å². The SMILES string of the molecule is CC/C=C\C/C=C\C/C=C\C/C=C\C/C=C\CCCCCCCCCC(=O)OC(COC(=O)CCCCC/C=C\C/C=C\C/C=C\CC)COC(=O)CCCCCCCCCCCCCCCCCCCCCCCCCCCCCCC. The highest BCUT2D eigenvalue weighted by Gasteiger charge is 2.19. The van der Waals surface area contributed by atoms with Gasteiger partial charge in [0.15, 0.2) is 6.10 Å². The van der Waals surface area contributed by atoms with Crippen molar-refractivity contribution in [1.82, 2.24) is 0 Å². The molecule has 0 bridgehead atoms. The number of hydrogen-bond donors (Lipinski definition) is 0. The van der Waals surface area contributed by atoms with Crippen molar-refractivity contribution in [2.45, 2.75) is 361 Å². The maximum Gasteiger partial charge on any atom is 0.306 e. The second kappa shape index (κ2) is 70.8. The number of carbonyl (C=O) groups excluding carboxylic acids is 3. The first-order chi connectivity index (χ1) is 41.0. The number of unbranched alkanes of at least 4 members (excludes halogenated alkanes) is 38. The molecule has 6 heteroatoms. The van der Waals surface area contributed by atoms with Crippen molar-refractivity contribution < 1.29 is 28.6 Å². The third kappa shape index (κ3) is 69.0. The molecular weight excluding hydrogens is 1020 g/mol. The molecule has 0 rings (SSSR count). The number of allylic oxidation sites excluding steroid dienone is 16. The van der Waals surface area contributed by atoms with Gasteiger partial charge in [-0.3, -0.25) is 14.4 Å². The van der Waals surface area contributed by atoms with E-state index in [1.165, 1.54) is 193 Å². The molecule has 0 saturated heterocycles. The molecule has 1 atom stereocenters. The van der Waals surface area contributed by atoms with Gasteiger partial charge in [0.25, 0.3) is 0 Å². The van der Waals surface area contributed by atoms with Gasteiger partial charge in [0.2, 0.25) is 0 Å². The van der Waals surface area contributed by atoms with E-state index in [9.17, 15) is 14.4 Å². The quantitative estimate of drug-likeness (QED) is 0.0261. The fourth-order valence-corrected chi connectivity index (χ4v) is 10.3. The van der Waals surface area contributed by atoms with Crippen LogP contribution in [0.1, 0.15) is 355 Å². The predicted molar refractivity (Wildman–Crippen MR) is 362 cm³/mol. The fourth-order valence-electron chi connectivity index (χ4n) is 10.3. The van der Waals surface area contributed by atoms with Crippen molar-refractivity contribution >= 4 is 17.9 Å². The predicted octanol–water partition coefficient (Wildman–Crippen LogP) is 24.8. The Balaban J connectivity index is 4.25. The van der Waals surface area contributed by atoms with Gasteiger partial charge in [-0.1, -0.05) is 336 Å². The van der Waals surface area contributed by atoms with Crippen LogP contribution in [0.15, 0.2) is 97.2 Å². The molecular formula is C77H134O6. The minimum Gasteiger partial charge on any atom is -0.462 e. The Kier molecular flexibility index (Phi) is 67.7. The number of rotatable bonds is 65. The van der Waals surface area contributed by atoms with Crippen molar-refractivity contribution in [3.63, 3.8) is 0 Å².